The van der Waals surface area contributed by atoms with E-state index in [1.807, 2.05) is 47.5 Å². The highest BCUT2D eigenvalue weighted by molar-refractivity contribution is 5.88. The maximum atomic E-state index is 13.3. The highest BCUT2D eigenvalue weighted by Gasteiger charge is 2.71. The number of hydrogen-bond acceptors (Lipinski definition) is 4. The lowest BCUT2D eigenvalue weighted by Gasteiger charge is -2.22. The van der Waals surface area contributed by atoms with Crippen LogP contribution in [0.1, 0.15) is 0 Å². The van der Waals surface area contributed by atoms with Gasteiger partial charge in [0, 0.05) is 50.8 Å². The number of alkyl halides is 2. The number of aromatic nitrogens is 1. The van der Waals surface area contributed by atoms with E-state index >= 15 is 0 Å². The van der Waals surface area contributed by atoms with E-state index in [1.165, 1.54) is 0 Å². The maximum Gasteiger partial charge on any atom is 0.257 e. The molecule has 1 saturated heterocycles. The summed E-state index contributed by atoms with van der Waals surface area (Å²) in [5, 5.41) is 12.3. The van der Waals surface area contributed by atoms with Gasteiger partial charge in [0.15, 0.2) is 0 Å². The molecular weight excluding hydrogens is 402 g/mol. The molecule has 1 aromatic heterocycles. The molecule has 0 bridgehead atoms. The van der Waals surface area contributed by atoms with Crippen molar-refractivity contribution in [2.45, 2.75) is 12.0 Å². The summed E-state index contributed by atoms with van der Waals surface area (Å²) in [5.74, 6) is -2.92. The van der Waals surface area contributed by atoms with E-state index in [0.717, 1.165) is 21.9 Å². The smallest absolute Gasteiger partial charge is 0.257 e. The molecule has 1 aliphatic heterocycles. The molecule has 7 heteroatoms. The summed E-state index contributed by atoms with van der Waals surface area (Å²) < 4.78 is 33.9. The molecular formula is C24H24F2N2O3. The van der Waals surface area contributed by atoms with Crippen LogP contribution in [0.25, 0.3) is 21.9 Å². The number of benzene rings is 2. The lowest BCUT2D eigenvalue weighted by molar-refractivity contribution is 0.0302. The van der Waals surface area contributed by atoms with Gasteiger partial charge in [-0.05, 0) is 46.2 Å². The van der Waals surface area contributed by atoms with Crippen molar-refractivity contribution in [1.29, 1.82) is 0 Å². The average Bonchev–Trinajstić information content (AvgIpc) is 3.06. The van der Waals surface area contributed by atoms with Gasteiger partial charge in [-0.2, -0.15) is 0 Å². The Morgan fingerprint density at radius 2 is 1.74 bits per heavy atom. The molecule has 2 aliphatic rings. The van der Waals surface area contributed by atoms with Gasteiger partial charge in [-0.15, -0.1) is 0 Å². The Kier molecular flexibility index (Phi) is 4.83. The van der Waals surface area contributed by atoms with E-state index in [0.29, 0.717) is 25.4 Å². The predicted molar refractivity (Wildman–Crippen MR) is 114 cm³/mol. The number of nitrogens with zero attached hydrogens (tertiary/aromatic N) is 2. The maximum absolute atomic E-state index is 13.3. The number of ether oxygens (including phenoxy) is 1. The first-order valence-corrected chi connectivity index (χ1v) is 10.4. The van der Waals surface area contributed by atoms with Crippen molar-refractivity contribution in [3.05, 3.63) is 65.1 Å². The second-order valence-electron chi connectivity index (χ2n) is 8.66. The first-order valence-electron chi connectivity index (χ1n) is 10.4. The van der Waals surface area contributed by atoms with Gasteiger partial charge in [-0.3, -0.25) is 9.69 Å². The molecule has 2 fully saturated rings. The molecule has 1 aliphatic carbocycles. The van der Waals surface area contributed by atoms with Crippen LogP contribution in [0, 0.1) is 11.8 Å². The summed E-state index contributed by atoms with van der Waals surface area (Å²) in [4.78, 5) is 13.5. The number of fused-ring (bicyclic) bond motifs is 2. The standard InChI is InChI=1S/C24H24F2N2O3/c1-27-10-18(5-7-23(27)30)16-2-3-17-9-20(6-4-15(17)8-16)31-14-19(29)11-28-12-21-22(13-28)24(21,25)26/h2-10,19,21-22,29H,11-14H2,1H3. The van der Waals surface area contributed by atoms with E-state index in [9.17, 15) is 18.7 Å². The molecule has 1 N–H and O–H groups in total. The summed E-state index contributed by atoms with van der Waals surface area (Å²) in [6.07, 6.45) is 1.08. The van der Waals surface area contributed by atoms with E-state index in [-0.39, 0.29) is 12.2 Å². The highest BCUT2D eigenvalue weighted by Crippen LogP contribution is 2.59. The zero-order chi connectivity index (χ0) is 21.8. The van der Waals surface area contributed by atoms with Crippen molar-refractivity contribution >= 4 is 10.8 Å². The molecule has 0 spiro atoms. The number of aliphatic hydroxyl groups is 1. The normalized spacial score (nSPS) is 23.0. The number of aryl methyl sites for hydroxylation is 1. The van der Waals surface area contributed by atoms with Crippen molar-refractivity contribution in [3.8, 4) is 16.9 Å². The van der Waals surface area contributed by atoms with E-state index < -0.39 is 23.9 Å². The number of rotatable bonds is 6. The lowest BCUT2D eigenvalue weighted by Crippen LogP contribution is -2.37. The third-order valence-electron chi connectivity index (χ3n) is 6.42. The van der Waals surface area contributed by atoms with Gasteiger partial charge in [-0.1, -0.05) is 18.2 Å². The van der Waals surface area contributed by atoms with Gasteiger partial charge in [0.1, 0.15) is 18.5 Å². The summed E-state index contributed by atoms with van der Waals surface area (Å²) >= 11 is 0. The molecule has 162 valence electrons. The average molecular weight is 426 g/mol. The number of likely N-dealkylation sites (tertiary alicyclic amines) is 1. The molecule has 0 amide bonds. The SMILES string of the molecule is Cn1cc(-c2ccc3cc(OCC(O)CN4CC5C(C4)C5(F)F)ccc3c2)ccc1=O. The van der Waals surface area contributed by atoms with Crippen LogP contribution in [-0.2, 0) is 7.05 Å². The van der Waals surface area contributed by atoms with E-state index in [4.69, 9.17) is 4.74 Å². The van der Waals surface area contributed by atoms with Crippen molar-refractivity contribution in [3.63, 3.8) is 0 Å². The van der Waals surface area contributed by atoms with Gasteiger partial charge in [0.2, 0.25) is 5.56 Å². The molecule has 5 nitrogen and oxygen atoms in total. The van der Waals surface area contributed by atoms with Crippen molar-refractivity contribution in [2.75, 3.05) is 26.2 Å². The summed E-state index contributed by atoms with van der Waals surface area (Å²) in [5.41, 5.74) is 1.93. The van der Waals surface area contributed by atoms with Gasteiger partial charge in [0.25, 0.3) is 5.92 Å². The van der Waals surface area contributed by atoms with Gasteiger partial charge in [0.05, 0.1) is 0 Å². The van der Waals surface area contributed by atoms with Crippen molar-refractivity contribution < 1.29 is 18.6 Å². The molecule has 5 rings (SSSR count). The Hall–Kier alpha value is -2.77. The quantitative estimate of drug-likeness (QED) is 0.658. The molecule has 1 saturated carbocycles. The lowest BCUT2D eigenvalue weighted by atomic mass is 10.0. The monoisotopic (exact) mass is 426 g/mol. The fraction of sp³-hybridized carbons (Fsp3) is 0.375. The van der Waals surface area contributed by atoms with Crippen LogP contribution in [-0.4, -0.2) is 52.8 Å². The number of aliphatic hydroxyl groups excluding tert-OH is 1. The summed E-state index contributed by atoms with van der Waals surface area (Å²) in [6.45, 7) is 1.16. The number of hydrogen-bond donors (Lipinski definition) is 1. The molecule has 31 heavy (non-hydrogen) atoms. The van der Waals surface area contributed by atoms with Crippen LogP contribution in [0.4, 0.5) is 8.78 Å². The molecule has 2 aromatic carbocycles. The Morgan fingerprint density at radius 3 is 2.48 bits per heavy atom. The molecule has 0 radical (unpaired) electrons. The van der Waals surface area contributed by atoms with Crippen LogP contribution in [0.5, 0.6) is 5.75 Å². The molecule has 3 unspecified atom stereocenters. The Balaban J connectivity index is 1.21. The minimum Gasteiger partial charge on any atom is -0.491 e. The topological polar surface area (TPSA) is 54.7 Å². The van der Waals surface area contributed by atoms with Crippen LogP contribution in [0.3, 0.4) is 0 Å². The number of β-amino-alcohol motifs (C(OH)–C–C–N with tert-alkyl or cyclic N) is 1. The van der Waals surface area contributed by atoms with Crippen LogP contribution >= 0.6 is 0 Å². The number of halogens is 2. The summed E-state index contributed by atoms with van der Waals surface area (Å²) in [6, 6.07) is 15.1. The first-order chi connectivity index (χ1) is 14.8. The van der Waals surface area contributed by atoms with Crippen LogP contribution in [0.2, 0.25) is 0 Å². The molecule has 2 heterocycles. The van der Waals surface area contributed by atoms with Crippen LogP contribution in [0.15, 0.2) is 59.5 Å². The van der Waals surface area contributed by atoms with E-state index in [1.54, 1.807) is 17.7 Å². The third kappa shape index (κ3) is 3.83. The third-order valence-corrected chi connectivity index (χ3v) is 6.42. The van der Waals surface area contributed by atoms with Gasteiger partial charge in [-0.25, -0.2) is 8.78 Å². The second-order valence-corrected chi connectivity index (χ2v) is 8.66. The zero-order valence-corrected chi connectivity index (χ0v) is 17.2. The first kappa shape index (κ1) is 20.2. The van der Waals surface area contributed by atoms with Crippen LogP contribution < -0.4 is 10.3 Å². The number of piperidine rings is 1. The number of pyridine rings is 1. The van der Waals surface area contributed by atoms with E-state index in [2.05, 4.69) is 6.07 Å². The van der Waals surface area contributed by atoms with Crippen molar-refractivity contribution in [2.24, 2.45) is 18.9 Å². The minimum absolute atomic E-state index is 0.0482. The van der Waals surface area contributed by atoms with Gasteiger partial charge < -0.3 is 14.4 Å². The second kappa shape index (κ2) is 7.43. The minimum atomic E-state index is -2.50. The highest BCUT2D eigenvalue weighted by atomic mass is 19.3. The Morgan fingerprint density at radius 1 is 1.06 bits per heavy atom. The molecule has 3 atom stereocenters. The fourth-order valence-electron chi connectivity index (χ4n) is 4.54. The molecule has 3 aromatic rings. The Bertz CT molecular complexity index is 1180. The largest absolute Gasteiger partial charge is 0.491 e. The zero-order valence-electron chi connectivity index (χ0n) is 17.2. The fourth-order valence-corrected chi connectivity index (χ4v) is 4.54. The van der Waals surface area contributed by atoms with Gasteiger partial charge >= 0.3 is 0 Å². The summed E-state index contributed by atoms with van der Waals surface area (Å²) in [7, 11) is 1.73. The predicted octanol–water partition coefficient (Wildman–Crippen LogP) is 3.14. The van der Waals surface area contributed by atoms with Crippen molar-refractivity contribution in [1.82, 2.24) is 9.47 Å². The Labute approximate surface area is 178 Å².